The van der Waals surface area contributed by atoms with Gasteiger partial charge in [0.05, 0.1) is 18.3 Å². The molecule has 0 atom stereocenters. The summed E-state index contributed by atoms with van der Waals surface area (Å²) in [5.74, 6) is -2.45. The highest BCUT2D eigenvalue weighted by atomic mass is 19.4. The number of hydrogen-bond donors (Lipinski definition) is 2. The summed E-state index contributed by atoms with van der Waals surface area (Å²) in [5, 5.41) is 16.6. The smallest absolute Gasteiger partial charge is 0.490 e. The second-order valence-electron chi connectivity index (χ2n) is 6.23. The number of carbonyl (C=O) groups excluding carboxylic acids is 1. The lowest BCUT2D eigenvalue weighted by Gasteiger charge is -2.36. The van der Waals surface area contributed by atoms with Crippen LogP contribution in [0.3, 0.4) is 0 Å². The minimum Gasteiger partial charge on any atom is -0.508 e. The van der Waals surface area contributed by atoms with E-state index in [-0.39, 0.29) is 11.7 Å². The van der Waals surface area contributed by atoms with E-state index in [1.165, 1.54) is 0 Å². The molecule has 0 unspecified atom stereocenters. The fourth-order valence-electron chi connectivity index (χ4n) is 2.71. The second-order valence-corrected chi connectivity index (χ2v) is 6.23. The first-order chi connectivity index (χ1) is 13.7. The molecular weight excluding hydrogens is 391 g/mol. The van der Waals surface area contributed by atoms with E-state index in [9.17, 15) is 23.1 Å². The Labute approximate surface area is 165 Å². The molecule has 1 aliphatic rings. The zero-order valence-corrected chi connectivity index (χ0v) is 15.3. The van der Waals surface area contributed by atoms with Crippen molar-refractivity contribution in [2.24, 2.45) is 0 Å². The highest BCUT2D eigenvalue weighted by molar-refractivity contribution is 5.79. The molecule has 1 fully saturated rings. The van der Waals surface area contributed by atoms with Crippen LogP contribution in [0.1, 0.15) is 5.56 Å². The number of pyridine rings is 1. The first kappa shape index (κ1) is 22.0. The van der Waals surface area contributed by atoms with E-state index in [1.807, 2.05) is 29.3 Å². The highest BCUT2D eigenvalue weighted by Gasteiger charge is 2.38. The first-order valence-corrected chi connectivity index (χ1v) is 8.67. The summed E-state index contributed by atoms with van der Waals surface area (Å²) in [7, 11) is 0. The van der Waals surface area contributed by atoms with Crippen molar-refractivity contribution in [3.05, 3.63) is 54.4 Å². The molecule has 0 bridgehead atoms. The van der Waals surface area contributed by atoms with Gasteiger partial charge in [-0.05, 0) is 29.8 Å². The first-order valence-electron chi connectivity index (χ1n) is 8.67. The quantitative estimate of drug-likeness (QED) is 0.805. The SMILES string of the molecule is O=C(Cc1cccc(O)c1)N1CCN(c2cccnc2)CC1.O=C(O)C(F)(F)F. The Morgan fingerprint density at radius 1 is 1.07 bits per heavy atom. The molecule has 0 saturated carbocycles. The molecule has 3 rings (SSSR count). The Kier molecular flexibility index (Phi) is 7.40. The van der Waals surface area contributed by atoms with E-state index in [0.717, 1.165) is 24.3 Å². The van der Waals surface area contributed by atoms with Gasteiger partial charge in [-0.2, -0.15) is 13.2 Å². The van der Waals surface area contributed by atoms with E-state index in [4.69, 9.17) is 9.90 Å². The lowest BCUT2D eigenvalue weighted by Crippen LogP contribution is -2.49. The number of aliphatic carboxylic acids is 1. The second kappa shape index (κ2) is 9.76. The fraction of sp³-hybridized carbons (Fsp3) is 0.316. The van der Waals surface area contributed by atoms with Crippen LogP contribution in [0.25, 0.3) is 0 Å². The molecule has 1 aromatic heterocycles. The van der Waals surface area contributed by atoms with Gasteiger partial charge in [0.1, 0.15) is 5.75 Å². The Balaban J connectivity index is 0.000000370. The number of nitrogens with zero attached hydrogens (tertiary/aromatic N) is 3. The number of anilines is 1. The Morgan fingerprint density at radius 2 is 1.72 bits per heavy atom. The molecule has 10 heteroatoms. The van der Waals surface area contributed by atoms with Crippen molar-refractivity contribution in [2.45, 2.75) is 12.6 Å². The molecule has 2 heterocycles. The summed E-state index contributed by atoms with van der Waals surface area (Å²) in [5.41, 5.74) is 1.95. The number of rotatable bonds is 3. The van der Waals surface area contributed by atoms with E-state index >= 15 is 0 Å². The Morgan fingerprint density at radius 3 is 2.24 bits per heavy atom. The maximum atomic E-state index is 12.3. The summed E-state index contributed by atoms with van der Waals surface area (Å²) < 4.78 is 31.7. The third kappa shape index (κ3) is 6.98. The molecular formula is C19H20F3N3O4. The molecule has 2 N–H and O–H groups in total. The molecule has 0 radical (unpaired) electrons. The summed E-state index contributed by atoms with van der Waals surface area (Å²) in [6, 6.07) is 10.8. The van der Waals surface area contributed by atoms with Gasteiger partial charge in [-0.15, -0.1) is 0 Å². The number of piperazine rings is 1. The Hall–Kier alpha value is -3.30. The minimum atomic E-state index is -5.08. The average molecular weight is 411 g/mol. The molecule has 0 aliphatic carbocycles. The maximum absolute atomic E-state index is 12.3. The van der Waals surface area contributed by atoms with Crippen molar-refractivity contribution in [1.29, 1.82) is 0 Å². The van der Waals surface area contributed by atoms with E-state index in [0.29, 0.717) is 19.5 Å². The molecule has 1 aliphatic heterocycles. The number of benzene rings is 1. The number of alkyl halides is 3. The number of phenolic OH excluding ortho intramolecular Hbond substituents is 1. The Bertz CT molecular complexity index is 823. The van der Waals surface area contributed by atoms with Gasteiger partial charge in [-0.3, -0.25) is 9.78 Å². The minimum absolute atomic E-state index is 0.108. The van der Waals surface area contributed by atoms with Gasteiger partial charge in [-0.25, -0.2) is 4.79 Å². The van der Waals surface area contributed by atoms with Crippen LogP contribution in [0, 0.1) is 0 Å². The maximum Gasteiger partial charge on any atom is 0.490 e. The van der Waals surface area contributed by atoms with Crippen LogP contribution in [-0.4, -0.2) is 64.3 Å². The van der Waals surface area contributed by atoms with Gasteiger partial charge in [0.25, 0.3) is 0 Å². The van der Waals surface area contributed by atoms with Crippen molar-refractivity contribution < 1.29 is 33.0 Å². The average Bonchev–Trinajstić information content (AvgIpc) is 2.68. The monoisotopic (exact) mass is 411 g/mol. The van der Waals surface area contributed by atoms with Crippen molar-refractivity contribution in [2.75, 3.05) is 31.1 Å². The molecule has 29 heavy (non-hydrogen) atoms. The standard InChI is InChI=1S/C17H19N3O2.C2HF3O2/c21-16-5-1-3-14(11-16)12-17(22)20-9-7-19(8-10-20)15-4-2-6-18-13-15;3-2(4,5)1(6)7/h1-6,11,13,21H,7-10,12H2;(H,6,7). The van der Waals surface area contributed by atoms with Gasteiger partial charge < -0.3 is 20.0 Å². The van der Waals surface area contributed by atoms with Gasteiger partial charge in [-0.1, -0.05) is 12.1 Å². The number of carboxylic acid groups (broad SMARTS) is 1. The lowest BCUT2D eigenvalue weighted by molar-refractivity contribution is -0.192. The summed E-state index contributed by atoms with van der Waals surface area (Å²) >= 11 is 0. The molecule has 156 valence electrons. The molecule has 1 saturated heterocycles. The molecule has 1 amide bonds. The lowest BCUT2D eigenvalue weighted by atomic mass is 10.1. The largest absolute Gasteiger partial charge is 0.508 e. The third-order valence-electron chi connectivity index (χ3n) is 4.15. The van der Waals surface area contributed by atoms with Crippen LogP contribution in [-0.2, 0) is 16.0 Å². The van der Waals surface area contributed by atoms with E-state index < -0.39 is 12.1 Å². The summed E-state index contributed by atoms with van der Waals surface area (Å²) in [4.78, 5) is 29.5. The predicted molar refractivity (Wildman–Crippen MR) is 98.5 cm³/mol. The van der Waals surface area contributed by atoms with Gasteiger partial charge in [0.15, 0.2) is 0 Å². The van der Waals surface area contributed by atoms with Crippen LogP contribution < -0.4 is 4.90 Å². The normalized spacial score (nSPS) is 14.0. The molecule has 2 aromatic rings. The number of phenols is 1. The van der Waals surface area contributed by atoms with Crippen molar-refractivity contribution in [3.63, 3.8) is 0 Å². The number of aromatic hydroxyl groups is 1. The van der Waals surface area contributed by atoms with Gasteiger partial charge >= 0.3 is 12.1 Å². The number of carbonyl (C=O) groups is 2. The van der Waals surface area contributed by atoms with Crippen molar-refractivity contribution in [1.82, 2.24) is 9.88 Å². The third-order valence-corrected chi connectivity index (χ3v) is 4.15. The predicted octanol–water partition coefficient (Wildman–Crippen LogP) is 2.31. The summed E-state index contributed by atoms with van der Waals surface area (Å²) in [6.07, 6.45) is -1.13. The zero-order chi connectivity index (χ0) is 21.4. The highest BCUT2D eigenvalue weighted by Crippen LogP contribution is 2.16. The number of hydrogen-bond acceptors (Lipinski definition) is 5. The summed E-state index contributed by atoms with van der Waals surface area (Å²) in [6.45, 7) is 3.06. The van der Waals surface area contributed by atoms with E-state index in [2.05, 4.69) is 9.88 Å². The fourth-order valence-corrected chi connectivity index (χ4v) is 2.71. The number of amides is 1. The molecule has 0 spiro atoms. The number of halogens is 3. The van der Waals surface area contributed by atoms with Crippen molar-refractivity contribution in [3.8, 4) is 5.75 Å². The molecule has 7 nitrogen and oxygen atoms in total. The number of aromatic nitrogens is 1. The van der Waals surface area contributed by atoms with Crippen LogP contribution in [0.2, 0.25) is 0 Å². The van der Waals surface area contributed by atoms with E-state index in [1.54, 1.807) is 24.4 Å². The van der Waals surface area contributed by atoms with Crippen LogP contribution in [0.5, 0.6) is 5.75 Å². The number of carboxylic acids is 1. The zero-order valence-electron chi connectivity index (χ0n) is 15.3. The van der Waals surface area contributed by atoms with Crippen LogP contribution in [0.15, 0.2) is 48.8 Å². The van der Waals surface area contributed by atoms with Gasteiger partial charge in [0.2, 0.25) is 5.91 Å². The van der Waals surface area contributed by atoms with Gasteiger partial charge in [0, 0.05) is 32.4 Å². The van der Waals surface area contributed by atoms with Crippen LogP contribution >= 0.6 is 0 Å². The van der Waals surface area contributed by atoms with Crippen molar-refractivity contribution >= 4 is 17.6 Å². The van der Waals surface area contributed by atoms with Crippen LogP contribution in [0.4, 0.5) is 18.9 Å². The molecule has 1 aromatic carbocycles. The topological polar surface area (TPSA) is 94.0 Å².